The summed E-state index contributed by atoms with van der Waals surface area (Å²) < 4.78 is 0. The Bertz CT molecular complexity index is 272. The fourth-order valence-corrected chi connectivity index (χ4v) is 0.950. The van der Waals surface area contributed by atoms with Crippen molar-refractivity contribution in [3.05, 3.63) is 35.9 Å². The van der Waals surface area contributed by atoms with Crippen molar-refractivity contribution in [2.24, 2.45) is 0 Å². The number of Topliss-reactive ketones (excluding diaryl/α,β-unsaturated/α-hetero) is 1. The second kappa shape index (κ2) is 3.07. The monoisotopic (exact) mass is 162 g/mol. The lowest BCUT2D eigenvalue weighted by molar-refractivity contribution is 0.0908. The van der Waals surface area contributed by atoms with Gasteiger partial charge >= 0.3 is 0 Å². The van der Waals surface area contributed by atoms with E-state index >= 15 is 0 Å². The number of nitrogens with one attached hydrogen (secondary N) is 1. The molecular weight excluding hydrogens is 150 g/mol. The van der Waals surface area contributed by atoms with Gasteiger partial charge in [0.2, 0.25) is 0 Å². The highest BCUT2D eigenvalue weighted by molar-refractivity contribution is 6.02. The first-order valence-electron chi connectivity index (χ1n) is 3.86. The normalized spacial score (nSPS) is 11.2. The molecule has 1 aromatic carbocycles. The van der Waals surface area contributed by atoms with E-state index in [0.717, 1.165) is 0 Å². The highest BCUT2D eigenvalue weighted by Crippen LogP contribution is 2.10. The number of benzene rings is 1. The number of hydrogen-bond donors (Lipinski definition) is 0. The second-order valence-corrected chi connectivity index (χ2v) is 3.32. The molecule has 0 aromatic heterocycles. The highest BCUT2D eigenvalue weighted by Gasteiger charge is 2.23. The summed E-state index contributed by atoms with van der Waals surface area (Å²) in [6.07, 6.45) is 0. The van der Waals surface area contributed by atoms with Gasteiger partial charge in [-0.3, -0.25) is 4.79 Å². The van der Waals surface area contributed by atoms with Gasteiger partial charge in [-0.2, -0.15) is 0 Å². The zero-order chi connectivity index (χ0) is 9.19. The molecule has 0 fully saturated rings. The lowest BCUT2D eigenvalue weighted by Gasteiger charge is -2.14. The van der Waals surface area contributed by atoms with Crippen molar-refractivity contribution in [2.75, 3.05) is 0 Å². The van der Waals surface area contributed by atoms with E-state index in [4.69, 9.17) is 5.73 Å². The lowest BCUT2D eigenvalue weighted by Crippen LogP contribution is -2.32. The van der Waals surface area contributed by atoms with Crippen molar-refractivity contribution in [2.45, 2.75) is 19.4 Å². The Morgan fingerprint density at radius 2 is 1.75 bits per heavy atom. The first kappa shape index (κ1) is 8.94. The fourth-order valence-electron chi connectivity index (χ4n) is 0.950. The molecule has 63 valence electrons. The molecule has 1 N–H and O–H groups in total. The van der Waals surface area contributed by atoms with E-state index in [1.807, 2.05) is 6.07 Å². The van der Waals surface area contributed by atoms with Crippen molar-refractivity contribution >= 4 is 5.78 Å². The quantitative estimate of drug-likeness (QED) is 0.612. The van der Waals surface area contributed by atoms with Crippen LogP contribution in [0.4, 0.5) is 0 Å². The zero-order valence-electron chi connectivity index (χ0n) is 7.29. The summed E-state index contributed by atoms with van der Waals surface area (Å²) in [6.45, 7) is 3.20. The van der Waals surface area contributed by atoms with E-state index in [1.54, 1.807) is 38.1 Å². The van der Waals surface area contributed by atoms with Gasteiger partial charge in [0, 0.05) is 5.56 Å². The molecule has 2 heteroatoms. The van der Waals surface area contributed by atoms with Crippen LogP contribution in [0.2, 0.25) is 0 Å². The van der Waals surface area contributed by atoms with Gasteiger partial charge in [-0.25, -0.2) is 5.73 Å². The largest absolute Gasteiger partial charge is 0.292 e. The molecular formula is C10H12NO. The second-order valence-electron chi connectivity index (χ2n) is 3.32. The number of hydrogen-bond acceptors (Lipinski definition) is 1. The van der Waals surface area contributed by atoms with Crippen molar-refractivity contribution in [1.82, 2.24) is 5.73 Å². The van der Waals surface area contributed by atoms with Gasteiger partial charge in [-0.05, 0) is 13.8 Å². The van der Waals surface area contributed by atoms with Crippen molar-refractivity contribution in [1.29, 1.82) is 0 Å². The number of carbonyl (C=O) groups excluding carboxylic acids is 1. The van der Waals surface area contributed by atoms with E-state index in [-0.39, 0.29) is 5.78 Å². The molecule has 2 nitrogen and oxygen atoms in total. The summed E-state index contributed by atoms with van der Waals surface area (Å²) in [5.74, 6) is -0.136. The third-order valence-corrected chi connectivity index (χ3v) is 1.60. The Morgan fingerprint density at radius 3 is 2.17 bits per heavy atom. The van der Waals surface area contributed by atoms with E-state index in [9.17, 15) is 4.79 Å². The molecule has 12 heavy (non-hydrogen) atoms. The first-order valence-corrected chi connectivity index (χ1v) is 3.86. The smallest absolute Gasteiger partial charge is 0.183 e. The fraction of sp³-hybridized carbons (Fsp3) is 0.300. The molecule has 0 saturated heterocycles. The van der Waals surface area contributed by atoms with Gasteiger partial charge < -0.3 is 0 Å². The first-order chi connectivity index (χ1) is 5.52. The van der Waals surface area contributed by atoms with Crippen LogP contribution < -0.4 is 5.73 Å². The topological polar surface area (TPSA) is 40.9 Å². The van der Waals surface area contributed by atoms with Crippen LogP contribution in [0.5, 0.6) is 0 Å². The van der Waals surface area contributed by atoms with Crippen molar-refractivity contribution < 1.29 is 4.79 Å². The summed E-state index contributed by atoms with van der Waals surface area (Å²) >= 11 is 0. The van der Waals surface area contributed by atoms with Gasteiger partial charge in [0.25, 0.3) is 0 Å². The molecule has 0 amide bonds. The molecule has 0 bridgehead atoms. The number of rotatable bonds is 2. The summed E-state index contributed by atoms with van der Waals surface area (Å²) in [4.78, 5) is 11.5. The molecule has 1 radical (unpaired) electrons. The lowest BCUT2D eigenvalue weighted by atomic mass is 9.95. The van der Waals surface area contributed by atoms with E-state index in [1.165, 1.54) is 0 Å². The maximum Gasteiger partial charge on any atom is 0.183 e. The molecule has 0 unspecified atom stereocenters. The van der Waals surface area contributed by atoms with Crippen LogP contribution in [0.15, 0.2) is 30.3 Å². The van der Waals surface area contributed by atoms with Gasteiger partial charge in [0.1, 0.15) is 0 Å². The molecule has 1 aromatic rings. The van der Waals surface area contributed by atoms with E-state index in [2.05, 4.69) is 0 Å². The van der Waals surface area contributed by atoms with Crippen molar-refractivity contribution in [3.8, 4) is 0 Å². The van der Waals surface area contributed by atoms with Crippen LogP contribution in [0, 0.1) is 0 Å². The summed E-state index contributed by atoms with van der Waals surface area (Å²) in [6, 6.07) is 8.93. The minimum Gasteiger partial charge on any atom is -0.292 e. The predicted molar refractivity (Wildman–Crippen MR) is 47.9 cm³/mol. The molecule has 0 saturated carbocycles. The van der Waals surface area contributed by atoms with E-state index in [0.29, 0.717) is 5.56 Å². The maximum atomic E-state index is 11.5. The van der Waals surface area contributed by atoms with Crippen LogP contribution >= 0.6 is 0 Å². The third-order valence-electron chi connectivity index (χ3n) is 1.60. The van der Waals surface area contributed by atoms with Crippen molar-refractivity contribution in [3.63, 3.8) is 0 Å². The molecule has 1 rings (SSSR count). The Kier molecular flexibility index (Phi) is 2.29. The minimum atomic E-state index is -1.03. The number of carbonyl (C=O) groups is 1. The molecule has 0 aliphatic carbocycles. The Labute approximate surface area is 72.4 Å². The summed E-state index contributed by atoms with van der Waals surface area (Å²) in [5.41, 5.74) is 7.11. The predicted octanol–water partition coefficient (Wildman–Crippen LogP) is 1.93. The maximum absolute atomic E-state index is 11.5. The highest BCUT2D eigenvalue weighted by atomic mass is 16.1. The summed E-state index contributed by atoms with van der Waals surface area (Å²) in [5, 5.41) is 0. The number of ketones is 1. The molecule has 0 heterocycles. The average molecular weight is 162 g/mol. The standard InChI is InChI=1S/C10H12NO/c1-10(2,11)9(12)8-6-4-3-5-7-8/h3-7,11H,1-2H3. The Balaban J connectivity index is 2.94. The Hall–Kier alpha value is -1.15. The minimum absolute atomic E-state index is 0.136. The summed E-state index contributed by atoms with van der Waals surface area (Å²) in [7, 11) is 0. The molecule has 0 atom stereocenters. The van der Waals surface area contributed by atoms with Crippen LogP contribution in [-0.2, 0) is 0 Å². The van der Waals surface area contributed by atoms with Crippen LogP contribution in [0.3, 0.4) is 0 Å². The van der Waals surface area contributed by atoms with Crippen LogP contribution in [0.1, 0.15) is 24.2 Å². The molecule has 0 aliphatic heterocycles. The van der Waals surface area contributed by atoms with Gasteiger partial charge in [0.05, 0.1) is 5.54 Å². The third kappa shape index (κ3) is 1.92. The molecule has 0 aliphatic rings. The Morgan fingerprint density at radius 1 is 1.25 bits per heavy atom. The van der Waals surface area contributed by atoms with Crippen LogP contribution in [-0.4, -0.2) is 11.3 Å². The van der Waals surface area contributed by atoms with Gasteiger partial charge in [-0.15, -0.1) is 0 Å². The van der Waals surface area contributed by atoms with Gasteiger partial charge in [0.15, 0.2) is 5.78 Å². The van der Waals surface area contributed by atoms with Gasteiger partial charge in [-0.1, -0.05) is 30.3 Å². The van der Waals surface area contributed by atoms with Crippen LogP contribution in [0.25, 0.3) is 0 Å². The SMILES string of the molecule is CC(C)([NH])C(=O)c1ccccc1. The molecule has 0 spiro atoms. The zero-order valence-corrected chi connectivity index (χ0v) is 7.29. The average Bonchev–Trinajstić information content (AvgIpc) is 2.03. The van der Waals surface area contributed by atoms with E-state index < -0.39 is 5.54 Å².